The van der Waals surface area contributed by atoms with Gasteiger partial charge in [-0.1, -0.05) is 6.07 Å². The molecular weight excluding hydrogens is 394 g/mol. The molecule has 0 aliphatic carbocycles. The Bertz CT molecular complexity index is 993. The maximum Gasteiger partial charge on any atom is 0.338 e. The predicted molar refractivity (Wildman–Crippen MR) is 104 cm³/mol. The second kappa shape index (κ2) is 8.42. The van der Waals surface area contributed by atoms with Gasteiger partial charge in [0.05, 0.1) is 23.8 Å². The smallest absolute Gasteiger partial charge is 0.338 e. The fourth-order valence-electron chi connectivity index (χ4n) is 3.36. The van der Waals surface area contributed by atoms with Gasteiger partial charge in [0.15, 0.2) is 0 Å². The van der Waals surface area contributed by atoms with Crippen molar-refractivity contribution in [1.82, 2.24) is 4.90 Å². The van der Waals surface area contributed by atoms with Gasteiger partial charge in [0, 0.05) is 13.1 Å². The first-order valence-corrected chi connectivity index (χ1v) is 9.13. The van der Waals surface area contributed by atoms with Crippen LogP contribution in [0.4, 0.5) is 0 Å². The van der Waals surface area contributed by atoms with Crippen molar-refractivity contribution in [2.45, 2.75) is 12.5 Å². The third-order valence-electron chi connectivity index (χ3n) is 4.86. The van der Waals surface area contributed by atoms with Crippen molar-refractivity contribution in [3.8, 4) is 17.2 Å². The molecule has 0 radical (unpaired) electrons. The Morgan fingerprint density at radius 3 is 2.23 bits per heavy atom. The van der Waals surface area contributed by atoms with Gasteiger partial charge < -0.3 is 29.7 Å². The molecule has 2 aromatic rings. The molecule has 3 rings (SSSR count). The predicted octanol–water partition coefficient (Wildman–Crippen LogP) is 1.68. The monoisotopic (exact) mass is 415 g/mol. The summed E-state index contributed by atoms with van der Waals surface area (Å²) in [5.74, 6) is -4.58. The Hall–Kier alpha value is -3.59. The quantitative estimate of drug-likeness (QED) is 0.492. The molecule has 3 N–H and O–H groups in total. The van der Waals surface area contributed by atoms with Crippen LogP contribution in [-0.2, 0) is 9.47 Å². The third-order valence-corrected chi connectivity index (χ3v) is 4.86. The van der Waals surface area contributed by atoms with Crippen LogP contribution in [0.2, 0.25) is 0 Å². The first-order chi connectivity index (χ1) is 14.2. The number of ketones is 1. The van der Waals surface area contributed by atoms with Crippen molar-refractivity contribution in [3.05, 3.63) is 52.6 Å². The fourth-order valence-corrected chi connectivity index (χ4v) is 3.36. The number of carbonyl (C=O) groups excluding carboxylic acids is 3. The van der Waals surface area contributed by atoms with Crippen molar-refractivity contribution < 1.29 is 39.2 Å². The summed E-state index contributed by atoms with van der Waals surface area (Å²) in [6.07, 6.45) is 0.359. The minimum Gasteiger partial charge on any atom is -0.507 e. The van der Waals surface area contributed by atoms with E-state index in [1.807, 2.05) is 11.9 Å². The number of benzene rings is 2. The standard InChI is InChI=1S/C21H21NO8/c1-22-7-6-12(10-22)30-20(27)11-8-15(24)18(16(25)9-11)19(26)17-13(21(28)29-2)4-3-5-14(17)23/h3-5,8-9,12,23-25H,6-7,10H2,1-2H3. The van der Waals surface area contributed by atoms with E-state index in [-0.39, 0.29) is 17.2 Å². The molecular formula is C21H21NO8. The van der Waals surface area contributed by atoms with Gasteiger partial charge in [-0.15, -0.1) is 0 Å². The number of phenols is 3. The minimum atomic E-state index is -1.01. The molecule has 1 unspecified atom stereocenters. The van der Waals surface area contributed by atoms with Crippen molar-refractivity contribution in [2.24, 2.45) is 0 Å². The topological polar surface area (TPSA) is 134 Å². The van der Waals surface area contributed by atoms with E-state index >= 15 is 0 Å². The zero-order valence-corrected chi connectivity index (χ0v) is 16.4. The lowest BCUT2D eigenvalue weighted by molar-refractivity contribution is 0.0325. The molecule has 1 aliphatic heterocycles. The molecule has 1 fully saturated rings. The van der Waals surface area contributed by atoms with Gasteiger partial charge in [-0.05, 0) is 37.7 Å². The SMILES string of the molecule is COC(=O)c1cccc(O)c1C(=O)c1c(O)cc(C(=O)OC2CCN(C)C2)cc1O. The van der Waals surface area contributed by atoms with E-state index in [2.05, 4.69) is 4.74 Å². The molecule has 1 saturated heterocycles. The molecule has 158 valence electrons. The number of rotatable bonds is 5. The highest BCUT2D eigenvalue weighted by atomic mass is 16.5. The van der Waals surface area contributed by atoms with Gasteiger partial charge in [0.1, 0.15) is 28.9 Å². The molecule has 30 heavy (non-hydrogen) atoms. The van der Waals surface area contributed by atoms with Crippen LogP contribution in [0.15, 0.2) is 30.3 Å². The Kier molecular flexibility index (Phi) is 5.93. The summed E-state index contributed by atoms with van der Waals surface area (Å²) in [7, 11) is 3.01. The number of esters is 2. The molecule has 2 aromatic carbocycles. The number of hydrogen-bond donors (Lipinski definition) is 3. The van der Waals surface area contributed by atoms with Gasteiger partial charge in [-0.3, -0.25) is 4.79 Å². The highest BCUT2D eigenvalue weighted by Crippen LogP contribution is 2.35. The maximum absolute atomic E-state index is 12.9. The zero-order chi connectivity index (χ0) is 22.0. The van der Waals surface area contributed by atoms with Gasteiger partial charge in [0.25, 0.3) is 0 Å². The summed E-state index contributed by atoms with van der Waals surface area (Å²) in [4.78, 5) is 39.2. The van der Waals surface area contributed by atoms with Gasteiger partial charge in [-0.25, -0.2) is 9.59 Å². The fraction of sp³-hybridized carbons (Fsp3) is 0.286. The molecule has 1 aliphatic rings. The lowest BCUT2D eigenvalue weighted by Gasteiger charge is -2.14. The largest absolute Gasteiger partial charge is 0.507 e. The molecule has 0 aromatic heterocycles. The minimum absolute atomic E-state index is 0.137. The van der Waals surface area contributed by atoms with Crippen molar-refractivity contribution in [3.63, 3.8) is 0 Å². The summed E-state index contributed by atoms with van der Waals surface area (Å²) in [6.45, 7) is 1.36. The molecule has 0 amide bonds. The van der Waals surface area contributed by atoms with E-state index in [0.717, 1.165) is 25.8 Å². The van der Waals surface area contributed by atoms with E-state index in [9.17, 15) is 29.7 Å². The summed E-state index contributed by atoms with van der Waals surface area (Å²) in [5, 5.41) is 30.8. The van der Waals surface area contributed by atoms with Crippen LogP contribution in [-0.4, -0.2) is 71.3 Å². The van der Waals surface area contributed by atoms with E-state index in [1.54, 1.807) is 0 Å². The van der Waals surface area contributed by atoms with Crippen LogP contribution < -0.4 is 0 Å². The number of methoxy groups -OCH3 is 1. The molecule has 0 saturated carbocycles. The van der Waals surface area contributed by atoms with Crippen LogP contribution in [0.3, 0.4) is 0 Å². The summed E-state index contributed by atoms with van der Waals surface area (Å²) in [5.41, 5.74) is -1.39. The Morgan fingerprint density at radius 2 is 1.67 bits per heavy atom. The van der Waals surface area contributed by atoms with Gasteiger partial charge >= 0.3 is 11.9 Å². The van der Waals surface area contributed by atoms with Crippen LogP contribution in [0.5, 0.6) is 17.2 Å². The average Bonchev–Trinajstić information content (AvgIpc) is 3.10. The Morgan fingerprint density at radius 1 is 1.00 bits per heavy atom. The van der Waals surface area contributed by atoms with Gasteiger partial charge in [0.2, 0.25) is 5.78 Å². The number of hydrogen-bond acceptors (Lipinski definition) is 9. The Balaban J connectivity index is 1.94. The summed E-state index contributed by atoms with van der Waals surface area (Å²) >= 11 is 0. The average molecular weight is 415 g/mol. The first kappa shape index (κ1) is 21.1. The maximum atomic E-state index is 12.9. The van der Waals surface area contributed by atoms with Crippen molar-refractivity contribution in [2.75, 3.05) is 27.2 Å². The van der Waals surface area contributed by atoms with E-state index in [1.165, 1.54) is 18.2 Å². The van der Waals surface area contributed by atoms with Crippen LogP contribution in [0.1, 0.15) is 43.1 Å². The number of likely N-dealkylation sites (tertiary alicyclic amines) is 1. The highest BCUT2D eigenvalue weighted by molar-refractivity contribution is 6.18. The van der Waals surface area contributed by atoms with Crippen LogP contribution >= 0.6 is 0 Å². The summed E-state index contributed by atoms with van der Waals surface area (Å²) < 4.78 is 9.97. The molecule has 0 spiro atoms. The van der Waals surface area contributed by atoms with Crippen molar-refractivity contribution >= 4 is 17.7 Å². The molecule has 9 nitrogen and oxygen atoms in total. The van der Waals surface area contributed by atoms with Crippen LogP contribution in [0, 0.1) is 0 Å². The number of carbonyl (C=O) groups is 3. The Labute approximate surface area is 172 Å². The first-order valence-electron chi connectivity index (χ1n) is 9.13. The lowest BCUT2D eigenvalue weighted by atomic mass is 9.95. The number of likely N-dealkylation sites (N-methyl/N-ethyl adjacent to an activating group) is 1. The number of aromatic hydroxyl groups is 3. The van der Waals surface area contributed by atoms with E-state index in [4.69, 9.17) is 4.74 Å². The number of nitrogens with zero attached hydrogens (tertiary/aromatic N) is 1. The van der Waals surface area contributed by atoms with Crippen LogP contribution in [0.25, 0.3) is 0 Å². The van der Waals surface area contributed by atoms with Gasteiger partial charge in [-0.2, -0.15) is 0 Å². The molecule has 0 bridgehead atoms. The zero-order valence-electron chi connectivity index (χ0n) is 16.4. The number of ether oxygens (including phenoxy) is 2. The second-order valence-electron chi connectivity index (χ2n) is 6.99. The third kappa shape index (κ3) is 4.06. The second-order valence-corrected chi connectivity index (χ2v) is 6.99. The molecule has 1 heterocycles. The van der Waals surface area contributed by atoms with E-state index < -0.39 is 46.1 Å². The highest BCUT2D eigenvalue weighted by Gasteiger charge is 2.29. The molecule has 9 heteroatoms. The lowest BCUT2D eigenvalue weighted by Crippen LogP contribution is -2.22. The van der Waals surface area contributed by atoms with E-state index in [0.29, 0.717) is 13.0 Å². The van der Waals surface area contributed by atoms with Crippen molar-refractivity contribution in [1.29, 1.82) is 0 Å². The normalized spacial score (nSPS) is 16.3. The number of phenolic OH excluding ortho intramolecular Hbond substituents is 3. The summed E-state index contributed by atoms with van der Waals surface area (Å²) in [6, 6.07) is 5.77. The molecule has 1 atom stereocenters.